The number of rotatable bonds is 2. The van der Waals surface area contributed by atoms with Crippen LogP contribution in [0.2, 0.25) is 0 Å². The van der Waals surface area contributed by atoms with Crippen LogP contribution < -0.4 is 5.73 Å². The maximum atomic E-state index is 12.4. The highest BCUT2D eigenvalue weighted by Crippen LogP contribution is 2.23. The first-order chi connectivity index (χ1) is 8.35. The topological polar surface area (TPSA) is 56.7 Å². The molecule has 0 aliphatic heterocycles. The minimum atomic E-state index is -4.30. The number of nitrogens with two attached hydrogens (primary N) is 1. The fraction of sp³-hybridized carbons (Fsp3) is 0.273. The van der Waals surface area contributed by atoms with Gasteiger partial charge in [-0.15, -0.1) is 0 Å². The lowest BCUT2D eigenvalue weighted by atomic mass is 10.3. The molecule has 2 heterocycles. The second-order valence-corrected chi connectivity index (χ2v) is 3.90. The zero-order chi connectivity index (χ0) is 13.3. The smallest absolute Gasteiger partial charge is 0.384 e. The predicted molar refractivity (Wildman–Crippen MR) is 60.7 cm³/mol. The average molecular weight is 256 g/mol. The highest BCUT2D eigenvalue weighted by molar-refractivity contribution is 5.53. The van der Waals surface area contributed by atoms with Crippen LogP contribution in [0, 0.1) is 6.92 Å². The summed E-state index contributed by atoms with van der Waals surface area (Å²) < 4.78 is 38.3. The Kier molecular flexibility index (Phi) is 2.98. The first-order valence-electron chi connectivity index (χ1n) is 5.18. The fourth-order valence-corrected chi connectivity index (χ4v) is 1.64. The van der Waals surface area contributed by atoms with Crippen LogP contribution in [0.4, 0.5) is 19.0 Å². The molecule has 0 unspecified atom stereocenters. The third-order valence-corrected chi connectivity index (χ3v) is 2.25. The van der Waals surface area contributed by atoms with Crippen molar-refractivity contribution in [3.05, 3.63) is 30.1 Å². The molecule has 0 saturated heterocycles. The molecule has 2 aromatic heterocycles. The van der Waals surface area contributed by atoms with Gasteiger partial charge in [0.05, 0.1) is 5.69 Å². The van der Waals surface area contributed by atoms with Gasteiger partial charge in [-0.2, -0.15) is 13.2 Å². The van der Waals surface area contributed by atoms with E-state index in [0.29, 0.717) is 11.4 Å². The minimum Gasteiger partial charge on any atom is -0.384 e. The van der Waals surface area contributed by atoms with Crippen molar-refractivity contribution >= 4 is 5.82 Å². The third kappa shape index (κ3) is 2.79. The molecule has 0 saturated carbocycles. The van der Waals surface area contributed by atoms with E-state index in [-0.39, 0.29) is 11.6 Å². The first-order valence-corrected chi connectivity index (χ1v) is 5.18. The molecule has 96 valence electrons. The van der Waals surface area contributed by atoms with E-state index in [1.165, 1.54) is 6.20 Å². The van der Waals surface area contributed by atoms with Crippen LogP contribution >= 0.6 is 0 Å². The minimum absolute atomic E-state index is 0.164. The molecular weight excluding hydrogens is 245 g/mol. The van der Waals surface area contributed by atoms with E-state index in [4.69, 9.17) is 5.73 Å². The van der Waals surface area contributed by atoms with E-state index < -0.39 is 12.7 Å². The Labute approximate surface area is 101 Å². The summed E-state index contributed by atoms with van der Waals surface area (Å²) in [6, 6.07) is 4.76. The Morgan fingerprint density at radius 1 is 1.28 bits per heavy atom. The van der Waals surface area contributed by atoms with Gasteiger partial charge in [0.1, 0.15) is 18.1 Å². The van der Waals surface area contributed by atoms with Gasteiger partial charge in [-0.1, -0.05) is 6.07 Å². The van der Waals surface area contributed by atoms with E-state index in [0.717, 1.165) is 4.57 Å². The molecule has 2 aromatic rings. The van der Waals surface area contributed by atoms with Crippen molar-refractivity contribution in [2.24, 2.45) is 0 Å². The van der Waals surface area contributed by atoms with Gasteiger partial charge in [0.2, 0.25) is 0 Å². The molecule has 0 bridgehead atoms. The predicted octanol–water partition coefficient (Wildman–Crippen LogP) is 2.40. The summed E-state index contributed by atoms with van der Waals surface area (Å²) in [7, 11) is 0. The van der Waals surface area contributed by atoms with Crippen molar-refractivity contribution in [2.45, 2.75) is 19.6 Å². The maximum Gasteiger partial charge on any atom is 0.406 e. The number of anilines is 1. The van der Waals surface area contributed by atoms with E-state index in [2.05, 4.69) is 9.97 Å². The van der Waals surface area contributed by atoms with Crippen LogP contribution in [0.15, 0.2) is 24.4 Å². The van der Waals surface area contributed by atoms with Crippen LogP contribution in [0.3, 0.4) is 0 Å². The monoisotopic (exact) mass is 256 g/mol. The molecule has 0 radical (unpaired) electrons. The molecule has 18 heavy (non-hydrogen) atoms. The fourth-order valence-electron chi connectivity index (χ4n) is 1.64. The number of halogens is 3. The van der Waals surface area contributed by atoms with Gasteiger partial charge in [0.15, 0.2) is 5.82 Å². The first kappa shape index (κ1) is 12.4. The Balaban J connectivity index is 2.44. The molecule has 0 spiro atoms. The number of hydrogen-bond acceptors (Lipinski definition) is 3. The van der Waals surface area contributed by atoms with Gasteiger partial charge in [0, 0.05) is 6.20 Å². The maximum absolute atomic E-state index is 12.4. The molecular formula is C11H11F3N4. The summed E-state index contributed by atoms with van der Waals surface area (Å²) in [6.45, 7) is 0.530. The van der Waals surface area contributed by atoms with E-state index in [1.54, 1.807) is 25.1 Å². The van der Waals surface area contributed by atoms with Gasteiger partial charge in [-0.05, 0) is 19.1 Å². The number of nitrogens with zero attached hydrogens (tertiary/aromatic N) is 3. The molecule has 0 aromatic carbocycles. The Hall–Kier alpha value is -2.05. The number of aryl methyl sites for hydroxylation is 1. The summed E-state index contributed by atoms with van der Waals surface area (Å²) in [4.78, 5) is 8.03. The number of alkyl halides is 3. The second kappa shape index (κ2) is 4.32. The summed E-state index contributed by atoms with van der Waals surface area (Å²) in [5, 5.41) is 0. The van der Waals surface area contributed by atoms with Gasteiger partial charge >= 0.3 is 6.18 Å². The number of aromatic nitrogens is 3. The lowest BCUT2D eigenvalue weighted by Gasteiger charge is -2.10. The normalized spacial score (nSPS) is 11.8. The third-order valence-electron chi connectivity index (χ3n) is 2.25. The molecule has 0 fully saturated rings. The van der Waals surface area contributed by atoms with Crippen molar-refractivity contribution in [1.82, 2.24) is 14.5 Å². The van der Waals surface area contributed by atoms with Gasteiger partial charge < -0.3 is 10.3 Å². The SMILES string of the molecule is Cc1cn(CC(F)(F)F)c(-c2cccc(N)n2)n1. The van der Waals surface area contributed by atoms with Crippen molar-refractivity contribution < 1.29 is 13.2 Å². The molecule has 0 aliphatic rings. The van der Waals surface area contributed by atoms with E-state index in [9.17, 15) is 13.2 Å². The van der Waals surface area contributed by atoms with Crippen molar-refractivity contribution in [3.63, 3.8) is 0 Å². The van der Waals surface area contributed by atoms with Gasteiger partial charge in [-0.25, -0.2) is 9.97 Å². The van der Waals surface area contributed by atoms with Crippen molar-refractivity contribution in [3.8, 4) is 11.5 Å². The number of hydrogen-bond donors (Lipinski definition) is 1. The zero-order valence-corrected chi connectivity index (χ0v) is 9.57. The van der Waals surface area contributed by atoms with Gasteiger partial charge in [-0.3, -0.25) is 0 Å². The van der Waals surface area contributed by atoms with Crippen molar-refractivity contribution in [2.75, 3.05) is 5.73 Å². The summed E-state index contributed by atoms with van der Waals surface area (Å²) in [6.07, 6.45) is -2.96. The molecule has 7 heteroatoms. The number of imidazole rings is 1. The molecule has 0 amide bonds. The second-order valence-electron chi connectivity index (χ2n) is 3.90. The molecule has 2 N–H and O–H groups in total. The molecule has 2 rings (SSSR count). The zero-order valence-electron chi connectivity index (χ0n) is 9.57. The lowest BCUT2D eigenvalue weighted by molar-refractivity contribution is -0.140. The molecule has 4 nitrogen and oxygen atoms in total. The molecule has 0 atom stereocenters. The highest BCUT2D eigenvalue weighted by atomic mass is 19.4. The largest absolute Gasteiger partial charge is 0.406 e. The van der Waals surface area contributed by atoms with Crippen LogP contribution in [-0.4, -0.2) is 20.7 Å². The lowest BCUT2D eigenvalue weighted by Crippen LogP contribution is -2.18. The Morgan fingerprint density at radius 3 is 2.61 bits per heavy atom. The number of nitrogen functional groups attached to an aromatic ring is 1. The van der Waals surface area contributed by atoms with Gasteiger partial charge in [0.25, 0.3) is 0 Å². The average Bonchev–Trinajstić information content (AvgIpc) is 2.56. The number of pyridine rings is 1. The van der Waals surface area contributed by atoms with Crippen LogP contribution in [-0.2, 0) is 6.54 Å². The summed E-state index contributed by atoms with van der Waals surface area (Å²) in [5.41, 5.74) is 6.33. The molecule has 0 aliphatic carbocycles. The van der Waals surface area contributed by atoms with E-state index in [1.807, 2.05) is 0 Å². The Bertz CT molecular complexity index is 560. The standard InChI is InChI=1S/C11H11F3N4/c1-7-5-18(6-11(12,13)14)10(16-7)8-3-2-4-9(15)17-8/h2-5H,6H2,1H3,(H2,15,17). The van der Waals surface area contributed by atoms with Crippen LogP contribution in [0.1, 0.15) is 5.69 Å². The van der Waals surface area contributed by atoms with Crippen LogP contribution in [0.25, 0.3) is 11.5 Å². The van der Waals surface area contributed by atoms with Crippen molar-refractivity contribution in [1.29, 1.82) is 0 Å². The van der Waals surface area contributed by atoms with E-state index >= 15 is 0 Å². The van der Waals surface area contributed by atoms with Crippen LogP contribution in [0.5, 0.6) is 0 Å². The summed E-state index contributed by atoms with van der Waals surface area (Å²) in [5.74, 6) is 0.406. The quantitative estimate of drug-likeness (QED) is 0.897. The summed E-state index contributed by atoms with van der Waals surface area (Å²) >= 11 is 0. The highest BCUT2D eigenvalue weighted by Gasteiger charge is 2.29. The Morgan fingerprint density at radius 2 is 2.00 bits per heavy atom.